The molecule has 0 radical (unpaired) electrons. The number of amides is 1. The zero-order chi connectivity index (χ0) is 17.0. The van der Waals surface area contributed by atoms with Crippen LogP contribution in [0.5, 0.6) is 0 Å². The molecule has 0 aliphatic rings. The van der Waals surface area contributed by atoms with E-state index in [4.69, 9.17) is 11.6 Å². The van der Waals surface area contributed by atoms with Gasteiger partial charge in [0.15, 0.2) is 0 Å². The molecule has 0 aliphatic carbocycles. The second kappa shape index (κ2) is 7.59. The Bertz CT molecular complexity index is 770. The van der Waals surface area contributed by atoms with Crippen molar-refractivity contribution in [1.29, 1.82) is 0 Å². The number of benzene rings is 1. The van der Waals surface area contributed by atoms with E-state index in [9.17, 15) is 9.59 Å². The Hall–Kier alpha value is -1.88. The Morgan fingerprint density at radius 1 is 1.39 bits per heavy atom. The maximum absolute atomic E-state index is 12.4. The quantitative estimate of drug-likeness (QED) is 0.823. The number of carbonyl (C=O) groups excluding carboxylic acids is 1. The topological polar surface area (TPSA) is 64.0 Å². The predicted molar refractivity (Wildman–Crippen MR) is 92.7 cm³/mol. The standard InChI is InChI=1S/C17H22ClN3O2/c1-4-5-6-7-15(22)19-11(2)16-20-14-10-12(18)8-9-13(14)17(23)21(16)3/h8-11H,4-7H2,1-3H3,(H,19,22). The van der Waals surface area contributed by atoms with Crippen molar-refractivity contribution in [3.8, 4) is 0 Å². The molecule has 0 fully saturated rings. The number of nitrogens with zero attached hydrogens (tertiary/aromatic N) is 2. The number of rotatable bonds is 6. The number of nitrogens with one attached hydrogen (secondary N) is 1. The fourth-order valence-corrected chi connectivity index (χ4v) is 2.73. The van der Waals surface area contributed by atoms with Gasteiger partial charge in [-0.05, 0) is 31.5 Å². The smallest absolute Gasteiger partial charge is 0.261 e. The molecule has 2 aromatic rings. The Morgan fingerprint density at radius 3 is 2.83 bits per heavy atom. The van der Waals surface area contributed by atoms with Gasteiger partial charge in [-0.15, -0.1) is 0 Å². The van der Waals surface area contributed by atoms with Crippen LogP contribution in [0.3, 0.4) is 0 Å². The van der Waals surface area contributed by atoms with Crippen LogP contribution in [0, 0.1) is 0 Å². The van der Waals surface area contributed by atoms with Crippen LogP contribution in [0.4, 0.5) is 0 Å². The molecule has 1 aromatic heterocycles. The van der Waals surface area contributed by atoms with E-state index in [1.165, 1.54) is 4.57 Å². The van der Waals surface area contributed by atoms with E-state index in [-0.39, 0.29) is 17.5 Å². The molecule has 124 valence electrons. The largest absolute Gasteiger partial charge is 0.346 e. The number of halogens is 1. The minimum Gasteiger partial charge on any atom is -0.346 e. The molecule has 1 aromatic carbocycles. The monoisotopic (exact) mass is 335 g/mol. The summed E-state index contributed by atoms with van der Waals surface area (Å²) in [5, 5.41) is 3.95. The summed E-state index contributed by atoms with van der Waals surface area (Å²) in [5.41, 5.74) is 0.399. The van der Waals surface area contributed by atoms with Crippen LogP contribution in [0.2, 0.25) is 5.02 Å². The lowest BCUT2D eigenvalue weighted by Crippen LogP contribution is -2.32. The maximum atomic E-state index is 12.4. The van der Waals surface area contributed by atoms with Crippen LogP contribution in [0.25, 0.3) is 10.9 Å². The first-order chi connectivity index (χ1) is 10.9. The van der Waals surface area contributed by atoms with E-state index in [0.717, 1.165) is 19.3 Å². The van der Waals surface area contributed by atoms with Crippen LogP contribution in [0.15, 0.2) is 23.0 Å². The summed E-state index contributed by atoms with van der Waals surface area (Å²) in [6.45, 7) is 3.93. The van der Waals surface area contributed by atoms with E-state index in [2.05, 4.69) is 17.2 Å². The second-order valence-electron chi connectivity index (χ2n) is 5.74. The summed E-state index contributed by atoms with van der Waals surface area (Å²) in [7, 11) is 1.67. The Kier molecular flexibility index (Phi) is 5.77. The van der Waals surface area contributed by atoms with Gasteiger partial charge in [-0.3, -0.25) is 14.2 Å². The molecule has 1 N–H and O–H groups in total. The fraction of sp³-hybridized carbons (Fsp3) is 0.471. The van der Waals surface area contributed by atoms with Gasteiger partial charge >= 0.3 is 0 Å². The molecule has 0 saturated heterocycles. The lowest BCUT2D eigenvalue weighted by Gasteiger charge is -2.17. The zero-order valence-electron chi connectivity index (χ0n) is 13.7. The summed E-state index contributed by atoms with van der Waals surface area (Å²) in [5.74, 6) is 0.500. The first kappa shape index (κ1) is 17.5. The maximum Gasteiger partial charge on any atom is 0.261 e. The molecule has 2 rings (SSSR count). The molecule has 23 heavy (non-hydrogen) atoms. The Balaban J connectivity index is 2.26. The number of hydrogen-bond acceptors (Lipinski definition) is 3. The molecule has 1 heterocycles. The minimum absolute atomic E-state index is 0.0219. The highest BCUT2D eigenvalue weighted by molar-refractivity contribution is 6.31. The molecule has 0 bridgehead atoms. The third-order valence-electron chi connectivity index (χ3n) is 3.85. The van der Waals surface area contributed by atoms with Gasteiger partial charge in [0.05, 0.1) is 16.9 Å². The SMILES string of the molecule is CCCCCC(=O)NC(C)c1nc2cc(Cl)ccc2c(=O)n1C. The lowest BCUT2D eigenvalue weighted by molar-refractivity contribution is -0.121. The molecule has 0 spiro atoms. The molecule has 1 unspecified atom stereocenters. The van der Waals surface area contributed by atoms with Crippen LogP contribution in [-0.2, 0) is 11.8 Å². The highest BCUT2D eigenvalue weighted by atomic mass is 35.5. The van der Waals surface area contributed by atoms with E-state index in [1.807, 2.05) is 6.92 Å². The van der Waals surface area contributed by atoms with E-state index >= 15 is 0 Å². The first-order valence-electron chi connectivity index (χ1n) is 7.89. The number of unbranched alkanes of at least 4 members (excludes halogenated alkanes) is 2. The minimum atomic E-state index is -0.342. The third kappa shape index (κ3) is 4.10. The van der Waals surface area contributed by atoms with Gasteiger partial charge in [0.25, 0.3) is 5.56 Å². The highest BCUT2D eigenvalue weighted by Crippen LogP contribution is 2.17. The number of aromatic nitrogens is 2. The molecule has 0 saturated carbocycles. The average molecular weight is 336 g/mol. The van der Waals surface area contributed by atoms with Gasteiger partial charge in [-0.25, -0.2) is 4.98 Å². The Labute approximate surface area is 140 Å². The van der Waals surface area contributed by atoms with Crippen LogP contribution in [-0.4, -0.2) is 15.5 Å². The van der Waals surface area contributed by atoms with Crippen molar-refractivity contribution in [2.75, 3.05) is 0 Å². The van der Waals surface area contributed by atoms with Gasteiger partial charge in [0, 0.05) is 18.5 Å². The summed E-state index contributed by atoms with van der Waals surface area (Å²) in [4.78, 5) is 28.9. The van der Waals surface area contributed by atoms with E-state index in [0.29, 0.717) is 28.2 Å². The van der Waals surface area contributed by atoms with Crippen LogP contribution in [0.1, 0.15) is 51.4 Å². The molecular weight excluding hydrogens is 314 g/mol. The molecular formula is C17H22ClN3O2. The van der Waals surface area contributed by atoms with Gasteiger partial charge in [0.2, 0.25) is 5.91 Å². The first-order valence-corrected chi connectivity index (χ1v) is 8.27. The van der Waals surface area contributed by atoms with Crippen LogP contribution < -0.4 is 10.9 Å². The highest BCUT2D eigenvalue weighted by Gasteiger charge is 2.16. The fourth-order valence-electron chi connectivity index (χ4n) is 2.56. The zero-order valence-corrected chi connectivity index (χ0v) is 14.5. The Morgan fingerprint density at radius 2 is 2.13 bits per heavy atom. The average Bonchev–Trinajstić information content (AvgIpc) is 2.50. The number of hydrogen-bond donors (Lipinski definition) is 1. The van der Waals surface area contributed by atoms with Crippen molar-refractivity contribution in [1.82, 2.24) is 14.9 Å². The van der Waals surface area contributed by atoms with Crippen molar-refractivity contribution in [3.63, 3.8) is 0 Å². The van der Waals surface area contributed by atoms with Gasteiger partial charge in [0.1, 0.15) is 5.82 Å². The van der Waals surface area contributed by atoms with Crippen molar-refractivity contribution in [2.45, 2.75) is 45.6 Å². The molecule has 6 heteroatoms. The predicted octanol–water partition coefficient (Wildman–Crippen LogP) is 3.34. The van der Waals surface area contributed by atoms with Crippen molar-refractivity contribution in [3.05, 3.63) is 39.4 Å². The van der Waals surface area contributed by atoms with E-state index in [1.54, 1.807) is 25.2 Å². The van der Waals surface area contributed by atoms with Crippen molar-refractivity contribution < 1.29 is 4.79 Å². The third-order valence-corrected chi connectivity index (χ3v) is 4.08. The van der Waals surface area contributed by atoms with Crippen molar-refractivity contribution >= 4 is 28.4 Å². The number of carbonyl (C=O) groups is 1. The normalized spacial score (nSPS) is 12.3. The second-order valence-corrected chi connectivity index (χ2v) is 6.18. The van der Waals surface area contributed by atoms with Crippen molar-refractivity contribution in [2.24, 2.45) is 7.05 Å². The molecule has 5 nitrogen and oxygen atoms in total. The van der Waals surface area contributed by atoms with Gasteiger partial charge < -0.3 is 5.32 Å². The molecule has 1 amide bonds. The summed E-state index contributed by atoms with van der Waals surface area (Å²) < 4.78 is 1.48. The molecule has 1 atom stereocenters. The van der Waals surface area contributed by atoms with E-state index < -0.39 is 0 Å². The lowest BCUT2D eigenvalue weighted by atomic mass is 10.2. The van der Waals surface area contributed by atoms with Crippen LogP contribution >= 0.6 is 11.6 Å². The van der Waals surface area contributed by atoms with Gasteiger partial charge in [-0.2, -0.15) is 0 Å². The number of fused-ring (bicyclic) bond motifs is 1. The molecule has 0 aliphatic heterocycles. The van der Waals surface area contributed by atoms with Gasteiger partial charge in [-0.1, -0.05) is 31.4 Å². The summed E-state index contributed by atoms with van der Waals surface area (Å²) in [6, 6.07) is 4.67. The summed E-state index contributed by atoms with van der Waals surface area (Å²) in [6.07, 6.45) is 3.47. The summed E-state index contributed by atoms with van der Waals surface area (Å²) >= 11 is 5.98.